The van der Waals surface area contributed by atoms with Gasteiger partial charge in [0.05, 0.1) is 0 Å². The van der Waals surface area contributed by atoms with Crippen LogP contribution in [0.4, 0.5) is 5.69 Å². The van der Waals surface area contributed by atoms with Crippen LogP contribution in [0.1, 0.15) is 18.9 Å². The van der Waals surface area contributed by atoms with Gasteiger partial charge in [-0.3, -0.25) is 9.59 Å². The van der Waals surface area contributed by atoms with Crippen molar-refractivity contribution in [3.8, 4) is 0 Å². The molecule has 0 saturated heterocycles. The number of anilines is 1. The number of nitrogens with one attached hydrogen (secondary N) is 1. The normalized spacial score (nSPS) is 10.2. The van der Waals surface area contributed by atoms with Crippen molar-refractivity contribution in [1.29, 1.82) is 0 Å². The predicted molar refractivity (Wildman–Crippen MR) is 97.3 cm³/mol. The maximum Gasteiger partial charge on any atom is 0.223 e. The molecule has 2 aromatic rings. The molecule has 24 heavy (non-hydrogen) atoms. The molecular formula is C19H21ClN2O2. The number of nitrogens with zero attached hydrogens (tertiary/aromatic N) is 1. The van der Waals surface area contributed by atoms with Gasteiger partial charge in [-0.15, -0.1) is 0 Å². The van der Waals surface area contributed by atoms with E-state index in [9.17, 15) is 9.59 Å². The smallest absolute Gasteiger partial charge is 0.223 e. The van der Waals surface area contributed by atoms with Crippen LogP contribution in [0.25, 0.3) is 0 Å². The SMILES string of the molecule is CC(=O)N(CCNC(=O)CCc1ccccc1)c1ccc(Cl)cc1. The Morgan fingerprint density at radius 2 is 1.71 bits per heavy atom. The molecule has 2 aromatic carbocycles. The molecule has 0 heterocycles. The Bertz CT molecular complexity index is 672. The minimum absolute atomic E-state index is 0.0153. The van der Waals surface area contributed by atoms with Crippen LogP contribution in [0, 0.1) is 0 Å². The van der Waals surface area contributed by atoms with Crippen molar-refractivity contribution in [3.05, 3.63) is 65.2 Å². The van der Waals surface area contributed by atoms with Crippen LogP contribution in [0.15, 0.2) is 54.6 Å². The van der Waals surface area contributed by atoms with Gasteiger partial charge < -0.3 is 10.2 Å². The number of halogens is 1. The lowest BCUT2D eigenvalue weighted by Crippen LogP contribution is -2.37. The highest BCUT2D eigenvalue weighted by molar-refractivity contribution is 6.30. The van der Waals surface area contributed by atoms with Crippen LogP contribution in [-0.4, -0.2) is 24.9 Å². The summed E-state index contributed by atoms with van der Waals surface area (Å²) >= 11 is 5.87. The van der Waals surface area contributed by atoms with E-state index in [0.29, 0.717) is 31.0 Å². The summed E-state index contributed by atoms with van der Waals surface area (Å²) in [4.78, 5) is 25.3. The summed E-state index contributed by atoms with van der Waals surface area (Å²) < 4.78 is 0. The van der Waals surface area contributed by atoms with Crippen LogP contribution in [0.5, 0.6) is 0 Å². The molecule has 0 spiro atoms. The molecule has 0 radical (unpaired) electrons. The van der Waals surface area contributed by atoms with E-state index in [0.717, 1.165) is 11.3 Å². The molecule has 0 aliphatic heterocycles. The van der Waals surface area contributed by atoms with Crippen molar-refractivity contribution in [3.63, 3.8) is 0 Å². The highest BCUT2D eigenvalue weighted by atomic mass is 35.5. The Labute approximate surface area is 147 Å². The standard InChI is InChI=1S/C19H21ClN2O2/c1-15(23)22(18-10-8-17(20)9-11-18)14-13-21-19(24)12-7-16-5-3-2-4-6-16/h2-6,8-11H,7,12-14H2,1H3,(H,21,24). The number of aryl methyl sites for hydroxylation is 1. The molecule has 0 unspecified atom stereocenters. The first-order valence-corrected chi connectivity index (χ1v) is 8.28. The first-order chi connectivity index (χ1) is 11.6. The van der Waals surface area contributed by atoms with Crippen molar-refractivity contribution in [2.45, 2.75) is 19.8 Å². The zero-order valence-electron chi connectivity index (χ0n) is 13.7. The largest absolute Gasteiger partial charge is 0.354 e. The molecule has 0 bridgehead atoms. The second-order valence-electron chi connectivity index (χ2n) is 5.48. The lowest BCUT2D eigenvalue weighted by atomic mass is 10.1. The number of hydrogen-bond acceptors (Lipinski definition) is 2. The number of hydrogen-bond donors (Lipinski definition) is 1. The molecule has 0 fully saturated rings. The Morgan fingerprint density at radius 1 is 1.04 bits per heavy atom. The Hall–Kier alpha value is -2.33. The summed E-state index contributed by atoms with van der Waals surface area (Å²) in [5.41, 5.74) is 1.91. The Morgan fingerprint density at radius 3 is 2.33 bits per heavy atom. The molecule has 1 N–H and O–H groups in total. The van der Waals surface area contributed by atoms with Crippen LogP contribution in [0.3, 0.4) is 0 Å². The van der Waals surface area contributed by atoms with Crippen molar-refractivity contribution in [2.24, 2.45) is 0 Å². The molecule has 2 rings (SSSR count). The topological polar surface area (TPSA) is 49.4 Å². The third kappa shape index (κ3) is 5.70. The van der Waals surface area contributed by atoms with Crippen molar-refractivity contribution >= 4 is 29.1 Å². The van der Waals surface area contributed by atoms with Crippen molar-refractivity contribution in [1.82, 2.24) is 5.32 Å². The highest BCUT2D eigenvalue weighted by Crippen LogP contribution is 2.17. The maximum atomic E-state index is 11.9. The zero-order valence-corrected chi connectivity index (χ0v) is 14.4. The molecule has 0 aliphatic carbocycles. The Kier molecular flexibility index (Phi) is 6.82. The molecule has 2 amide bonds. The highest BCUT2D eigenvalue weighted by Gasteiger charge is 2.11. The average molecular weight is 345 g/mol. The molecular weight excluding hydrogens is 324 g/mol. The summed E-state index contributed by atoms with van der Waals surface area (Å²) in [5, 5.41) is 3.48. The van der Waals surface area contributed by atoms with E-state index in [1.165, 1.54) is 6.92 Å². The molecule has 0 aliphatic rings. The number of rotatable bonds is 7. The minimum Gasteiger partial charge on any atom is -0.354 e. The first-order valence-electron chi connectivity index (χ1n) is 7.90. The lowest BCUT2D eigenvalue weighted by Gasteiger charge is -2.21. The van der Waals surface area contributed by atoms with Gasteiger partial charge in [-0.25, -0.2) is 0 Å². The Balaban J connectivity index is 1.79. The fourth-order valence-corrected chi connectivity index (χ4v) is 2.51. The molecule has 126 valence electrons. The van der Waals surface area contributed by atoms with Gasteiger partial charge in [0, 0.05) is 37.1 Å². The number of benzene rings is 2. The van der Waals surface area contributed by atoms with Crippen molar-refractivity contribution in [2.75, 3.05) is 18.0 Å². The van der Waals surface area contributed by atoms with Gasteiger partial charge in [0.25, 0.3) is 0 Å². The summed E-state index contributed by atoms with van der Waals surface area (Å²) in [5.74, 6) is -0.0886. The van der Waals surface area contributed by atoms with E-state index < -0.39 is 0 Å². The first kappa shape index (κ1) is 18.0. The zero-order chi connectivity index (χ0) is 17.4. The van der Waals surface area contributed by atoms with Crippen LogP contribution in [0.2, 0.25) is 5.02 Å². The van der Waals surface area contributed by atoms with E-state index >= 15 is 0 Å². The van der Waals surface area contributed by atoms with Crippen LogP contribution >= 0.6 is 11.6 Å². The average Bonchev–Trinajstić information content (AvgIpc) is 2.58. The maximum absolute atomic E-state index is 11.9. The van der Waals surface area contributed by atoms with Gasteiger partial charge >= 0.3 is 0 Å². The van der Waals surface area contributed by atoms with Gasteiger partial charge in [0.1, 0.15) is 0 Å². The van der Waals surface area contributed by atoms with E-state index in [2.05, 4.69) is 5.32 Å². The van der Waals surface area contributed by atoms with Gasteiger partial charge in [-0.2, -0.15) is 0 Å². The summed E-state index contributed by atoms with van der Waals surface area (Å²) in [6.07, 6.45) is 1.14. The number of carbonyl (C=O) groups excluding carboxylic acids is 2. The number of amides is 2. The summed E-state index contributed by atoms with van der Waals surface area (Å²) in [7, 11) is 0. The van der Waals surface area contributed by atoms with Crippen molar-refractivity contribution < 1.29 is 9.59 Å². The van der Waals surface area contributed by atoms with E-state index in [4.69, 9.17) is 11.6 Å². The third-order valence-electron chi connectivity index (χ3n) is 3.66. The fraction of sp³-hybridized carbons (Fsp3) is 0.263. The second kappa shape index (κ2) is 9.08. The predicted octanol–water partition coefficient (Wildman–Crippen LogP) is 3.44. The molecule has 0 saturated carbocycles. The van der Waals surface area contributed by atoms with E-state index in [-0.39, 0.29) is 11.8 Å². The lowest BCUT2D eigenvalue weighted by molar-refractivity contribution is -0.121. The quantitative estimate of drug-likeness (QED) is 0.836. The third-order valence-corrected chi connectivity index (χ3v) is 3.91. The van der Waals surface area contributed by atoms with Crippen LogP contribution in [-0.2, 0) is 16.0 Å². The second-order valence-corrected chi connectivity index (χ2v) is 5.92. The molecule has 0 atom stereocenters. The molecule has 5 heteroatoms. The van der Waals surface area contributed by atoms with Gasteiger partial charge in [0.15, 0.2) is 0 Å². The van der Waals surface area contributed by atoms with E-state index in [1.807, 2.05) is 30.3 Å². The summed E-state index contributed by atoms with van der Waals surface area (Å²) in [6, 6.07) is 17.0. The number of carbonyl (C=O) groups is 2. The van der Waals surface area contributed by atoms with Gasteiger partial charge in [-0.1, -0.05) is 41.9 Å². The van der Waals surface area contributed by atoms with E-state index in [1.54, 1.807) is 29.2 Å². The van der Waals surface area contributed by atoms with Crippen LogP contribution < -0.4 is 10.2 Å². The minimum atomic E-state index is -0.0733. The molecule has 0 aromatic heterocycles. The van der Waals surface area contributed by atoms with Gasteiger partial charge in [0.2, 0.25) is 11.8 Å². The fourth-order valence-electron chi connectivity index (χ4n) is 2.39. The summed E-state index contributed by atoms with van der Waals surface area (Å²) in [6.45, 7) is 2.34. The van der Waals surface area contributed by atoms with Gasteiger partial charge in [-0.05, 0) is 36.2 Å². The molecule has 4 nitrogen and oxygen atoms in total. The monoisotopic (exact) mass is 344 g/mol.